The highest BCUT2D eigenvalue weighted by molar-refractivity contribution is 6.16. The van der Waals surface area contributed by atoms with Crippen molar-refractivity contribution in [2.75, 3.05) is 0 Å². The van der Waals surface area contributed by atoms with Crippen molar-refractivity contribution in [3.05, 3.63) is 29.8 Å². The van der Waals surface area contributed by atoms with Crippen LogP contribution in [0.5, 0.6) is 0 Å². The molecule has 0 amide bonds. The van der Waals surface area contributed by atoms with Gasteiger partial charge in [0.05, 0.1) is 23.3 Å². The average Bonchev–Trinajstić information content (AvgIpc) is 2.64. The summed E-state index contributed by atoms with van der Waals surface area (Å²) < 4.78 is 1.72. The Kier molecular flexibility index (Phi) is 2.68. The molecular formula is C10H11ClN4. The van der Waals surface area contributed by atoms with Crippen LogP contribution >= 0.6 is 11.6 Å². The summed E-state index contributed by atoms with van der Waals surface area (Å²) in [6, 6.07) is 1.88. The monoisotopic (exact) mass is 222 g/mol. The van der Waals surface area contributed by atoms with Gasteiger partial charge in [0, 0.05) is 18.9 Å². The van der Waals surface area contributed by atoms with Crippen molar-refractivity contribution in [2.45, 2.75) is 12.8 Å². The molecule has 0 N–H and O–H groups in total. The van der Waals surface area contributed by atoms with Crippen molar-refractivity contribution in [3.8, 4) is 11.4 Å². The summed E-state index contributed by atoms with van der Waals surface area (Å²) in [5.74, 6) is 1.08. The minimum atomic E-state index is 0.399. The van der Waals surface area contributed by atoms with Crippen molar-refractivity contribution in [3.63, 3.8) is 0 Å². The van der Waals surface area contributed by atoms with E-state index in [0.717, 1.165) is 17.0 Å². The summed E-state index contributed by atoms with van der Waals surface area (Å²) in [6.45, 7) is 1.93. The van der Waals surface area contributed by atoms with E-state index in [4.69, 9.17) is 11.6 Å². The SMILES string of the molecule is Cc1cc(CCl)nc(-c2cnn(C)c2)n1. The molecule has 78 valence electrons. The third-order valence-electron chi connectivity index (χ3n) is 2.01. The summed E-state index contributed by atoms with van der Waals surface area (Å²) in [6.07, 6.45) is 3.62. The predicted molar refractivity (Wildman–Crippen MR) is 58.5 cm³/mol. The van der Waals surface area contributed by atoms with E-state index in [1.165, 1.54) is 0 Å². The normalized spacial score (nSPS) is 10.6. The lowest BCUT2D eigenvalue weighted by atomic mass is 10.3. The fourth-order valence-electron chi connectivity index (χ4n) is 1.37. The number of aryl methyl sites for hydroxylation is 2. The molecular weight excluding hydrogens is 212 g/mol. The molecule has 2 rings (SSSR count). The van der Waals surface area contributed by atoms with Gasteiger partial charge in [-0.15, -0.1) is 11.6 Å². The molecule has 0 saturated carbocycles. The number of hydrogen-bond donors (Lipinski definition) is 0. The molecule has 0 fully saturated rings. The van der Waals surface area contributed by atoms with E-state index in [0.29, 0.717) is 11.7 Å². The largest absolute Gasteiger partial charge is 0.275 e. The van der Waals surface area contributed by atoms with Crippen LogP contribution < -0.4 is 0 Å². The Morgan fingerprint density at radius 3 is 2.80 bits per heavy atom. The molecule has 15 heavy (non-hydrogen) atoms. The van der Waals surface area contributed by atoms with Crippen molar-refractivity contribution in [1.29, 1.82) is 0 Å². The number of aromatic nitrogens is 4. The lowest BCUT2D eigenvalue weighted by Crippen LogP contribution is -1.95. The van der Waals surface area contributed by atoms with Crippen molar-refractivity contribution < 1.29 is 0 Å². The lowest BCUT2D eigenvalue weighted by Gasteiger charge is -2.01. The Hall–Kier alpha value is -1.42. The van der Waals surface area contributed by atoms with Gasteiger partial charge in [-0.05, 0) is 13.0 Å². The molecule has 2 aromatic heterocycles. The zero-order valence-electron chi connectivity index (χ0n) is 8.61. The summed E-state index contributed by atoms with van der Waals surface area (Å²) >= 11 is 5.75. The van der Waals surface area contributed by atoms with E-state index in [-0.39, 0.29) is 0 Å². The van der Waals surface area contributed by atoms with Crippen molar-refractivity contribution in [1.82, 2.24) is 19.7 Å². The van der Waals surface area contributed by atoms with E-state index in [1.807, 2.05) is 26.2 Å². The number of halogens is 1. The molecule has 0 aromatic carbocycles. The third kappa shape index (κ3) is 2.15. The van der Waals surface area contributed by atoms with Crippen LogP contribution in [0, 0.1) is 6.92 Å². The summed E-state index contributed by atoms with van der Waals surface area (Å²) in [5.41, 5.74) is 2.66. The molecule has 4 nitrogen and oxygen atoms in total. The maximum absolute atomic E-state index is 5.75. The standard InChI is InChI=1S/C10H11ClN4/c1-7-3-9(4-11)14-10(13-7)8-5-12-15(2)6-8/h3,5-6H,4H2,1-2H3. The first-order valence-corrected chi connectivity index (χ1v) is 5.12. The first kappa shape index (κ1) is 10.1. The number of rotatable bonds is 2. The van der Waals surface area contributed by atoms with Crippen LogP contribution in [0.3, 0.4) is 0 Å². The Morgan fingerprint density at radius 1 is 1.40 bits per heavy atom. The zero-order valence-corrected chi connectivity index (χ0v) is 9.36. The molecule has 0 spiro atoms. The second kappa shape index (κ2) is 3.98. The van der Waals surface area contributed by atoms with Gasteiger partial charge < -0.3 is 0 Å². The van der Waals surface area contributed by atoms with Gasteiger partial charge in [0.25, 0.3) is 0 Å². The maximum atomic E-state index is 5.75. The smallest absolute Gasteiger partial charge is 0.162 e. The van der Waals surface area contributed by atoms with Gasteiger partial charge in [-0.1, -0.05) is 0 Å². The van der Waals surface area contributed by atoms with Gasteiger partial charge in [0.1, 0.15) is 0 Å². The first-order chi connectivity index (χ1) is 7.19. The summed E-state index contributed by atoms with van der Waals surface area (Å²) in [7, 11) is 1.86. The molecule has 0 aliphatic carbocycles. The van der Waals surface area contributed by atoms with E-state index in [2.05, 4.69) is 15.1 Å². The predicted octanol–water partition coefficient (Wildman–Crippen LogP) is 1.92. The minimum Gasteiger partial charge on any atom is -0.275 e. The van der Waals surface area contributed by atoms with Crippen LogP contribution in [0.2, 0.25) is 0 Å². The topological polar surface area (TPSA) is 43.6 Å². The molecule has 2 heterocycles. The molecule has 5 heteroatoms. The third-order valence-corrected chi connectivity index (χ3v) is 2.28. The van der Waals surface area contributed by atoms with E-state index >= 15 is 0 Å². The van der Waals surface area contributed by atoms with Gasteiger partial charge in [0.15, 0.2) is 5.82 Å². The summed E-state index contributed by atoms with van der Waals surface area (Å²) in [4.78, 5) is 8.68. The van der Waals surface area contributed by atoms with Crippen LogP contribution in [-0.4, -0.2) is 19.7 Å². The molecule has 0 saturated heterocycles. The first-order valence-electron chi connectivity index (χ1n) is 4.58. The Balaban J connectivity index is 2.48. The zero-order chi connectivity index (χ0) is 10.8. The van der Waals surface area contributed by atoms with E-state index in [1.54, 1.807) is 10.9 Å². The van der Waals surface area contributed by atoms with Crippen molar-refractivity contribution >= 4 is 11.6 Å². The number of nitrogens with zero attached hydrogens (tertiary/aromatic N) is 4. The van der Waals surface area contributed by atoms with Gasteiger partial charge in [-0.3, -0.25) is 4.68 Å². The molecule has 2 aromatic rings. The van der Waals surface area contributed by atoms with Gasteiger partial charge in [-0.25, -0.2) is 9.97 Å². The number of alkyl halides is 1. The molecule has 0 unspecified atom stereocenters. The molecule has 0 aliphatic heterocycles. The molecule has 0 radical (unpaired) electrons. The van der Waals surface area contributed by atoms with E-state index < -0.39 is 0 Å². The highest BCUT2D eigenvalue weighted by Gasteiger charge is 2.06. The number of hydrogen-bond acceptors (Lipinski definition) is 3. The Bertz CT molecular complexity index is 478. The van der Waals surface area contributed by atoms with Gasteiger partial charge in [0.2, 0.25) is 0 Å². The second-order valence-corrected chi connectivity index (χ2v) is 3.63. The highest BCUT2D eigenvalue weighted by Crippen LogP contribution is 2.15. The van der Waals surface area contributed by atoms with Crippen LogP contribution in [0.4, 0.5) is 0 Å². The Labute approximate surface area is 92.9 Å². The molecule has 0 bridgehead atoms. The van der Waals surface area contributed by atoms with Crippen LogP contribution in [0.1, 0.15) is 11.4 Å². The molecule has 0 atom stereocenters. The fourth-order valence-corrected chi connectivity index (χ4v) is 1.50. The Morgan fingerprint density at radius 2 is 2.20 bits per heavy atom. The van der Waals surface area contributed by atoms with Gasteiger partial charge in [-0.2, -0.15) is 5.10 Å². The lowest BCUT2D eigenvalue weighted by molar-refractivity contribution is 0.768. The van der Waals surface area contributed by atoms with Gasteiger partial charge >= 0.3 is 0 Å². The quantitative estimate of drug-likeness (QED) is 0.730. The van der Waals surface area contributed by atoms with Crippen LogP contribution in [-0.2, 0) is 12.9 Å². The van der Waals surface area contributed by atoms with E-state index in [9.17, 15) is 0 Å². The highest BCUT2D eigenvalue weighted by atomic mass is 35.5. The summed E-state index contributed by atoms with van der Waals surface area (Å²) in [5, 5.41) is 4.08. The minimum absolute atomic E-state index is 0.399. The van der Waals surface area contributed by atoms with Crippen LogP contribution in [0.15, 0.2) is 18.5 Å². The maximum Gasteiger partial charge on any atom is 0.162 e. The average molecular weight is 223 g/mol. The fraction of sp³-hybridized carbons (Fsp3) is 0.300. The second-order valence-electron chi connectivity index (χ2n) is 3.36. The van der Waals surface area contributed by atoms with Crippen molar-refractivity contribution in [2.24, 2.45) is 7.05 Å². The van der Waals surface area contributed by atoms with Crippen LogP contribution in [0.25, 0.3) is 11.4 Å². The molecule has 0 aliphatic rings.